The van der Waals surface area contributed by atoms with Crippen molar-refractivity contribution < 1.29 is 12.8 Å². The molecule has 0 aliphatic carbocycles. The van der Waals surface area contributed by atoms with Crippen LogP contribution in [0.4, 0.5) is 4.39 Å². The molecule has 0 fully saturated rings. The predicted octanol–water partition coefficient (Wildman–Crippen LogP) is 2.91. The number of hydrogen-bond acceptors (Lipinski definition) is 3. The van der Waals surface area contributed by atoms with Gasteiger partial charge in [0, 0.05) is 22.7 Å². The Kier molecular flexibility index (Phi) is 4.42. The van der Waals surface area contributed by atoms with Crippen LogP contribution in [0.2, 0.25) is 5.02 Å². The summed E-state index contributed by atoms with van der Waals surface area (Å²) in [5.41, 5.74) is 5.82. The van der Waals surface area contributed by atoms with Crippen LogP contribution in [0.1, 0.15) is 11.1 Å². The molecule has 20 heavy (non-hydrogen) atoms. The minimum Gasteiger partial charge on any atom is -0.326 e. The molecule has 0 heterocycles. The molecule has 0 aliphatic rings. The molecule has 0 saturated carbocycles. The molecule has 0 radical (unpaired) electrons. The van der Waals surface area contributed by atoms with Crippen molar-refractivity contribution in [1.29, 1.82) is 0 Å². The highest BCUT2D eigenvalue weighted by molar-refractivity contribution is 7.90. The van der Waals surface area contributed by atoms with Gasteiger partial charge in [0.2, 0.25) is 0 Å². The standard InChI is InChI=1S/C14H13ClFNO2S/c15-12-4-6-13(7-5-12)20(18,19)9-11-3-1-2-10(8-17)14(11)16/h1-7H,8-9,17H2. The Morgan fingerprint density at radius 1 is 1.05 bits per heavy atom. The van der Waals surface area contributed by atoms with E-state index >= 15 is 0 Å². The van der Waals surface area contributed by atoms with Crippen molar-refractivity contribution in [3.05, 3.63) is 64.4 Å². The molecule has 0 unspecified atom stereocenters. The van der Waals surface area contributed by atoms with Crippen molar-refractivity contribution >= 4 is 21.4 Å². The van der Waals surface area contributed by atoms with E-state index < -0.39 is 21.4 Å². The number of hydrogen-bond donors (Lipinski definition) is 1. The van der Waals surface area contributed by atoms with Crippen LogP contribution in [0.25, 0.3) is 0 Å². The van der Waals surface area contributed by atoms with E-state index in [1.165, 1.54) is 36.4 Å². The Labute approximate surface area is 122 Å². The third-order valence-electron chi connectivity index (χ3n) is 2.90. The summed E-state index contributed by atoms with van der Waals surface area (Å²) in [5.74, 6) is -0.971. The van der Waals surface area contributed by atoms with Gasteiger partial charge in [-0.2, -0.15) is 0 Å². The van der Waals surface area contributed by atoms with Crippen LogP contribution in [-0.4, -0.2) is 8.42 Å². The molecule has 2 rings (SSSR count). The molecule has 0 amide bonds. The highest BCUT2D eigenvalue weighted by Crippen LogP contribution is 2.21. The molecule has 3 nitrogen and oxygen atoms in total. The number of nitrogens with two attached hydrogens (primary N) is 1. The molecule has 0 bridgehead atoms. The highest BCUT2D eigenvalue weighted by atomic mass is 35.5. The van der Waals surface area contributed by atoms with Gasteiger partial charge in [0.05, 0.1) is 10.6 Å². The second kappa shape index (κ2) is 5.91. The maximum absolute atomic E-state index is 14.0. The minimum atomic E-state index is -3.62. The van der Waals surface area contributed by atoms with Crippen LogP contribution in [-0.2, 0) is 22.1 Å². The van der Waals surface area contributed by atoms with E-state index in [9.17, 15) is 12.8 Å². The normalized spacial score (nSPS) is 11.6. The summed E-state index contributed by atoms with van der Waals surface area (Å²) in [4.78, 5) is 0.111. The average molecular weight is 314 g/mol. The molecule has 2 aromatic carbocycles. The molecule has 6 heteroatoms. The summed E-state index contributed by atoms with van der Waals surface area (Å²) in [5, 5.41) is 0.445. The van der Waals surface area contributed by atoms with Gasteiger partial charge in [-0.15, -0.1) is 0 Å². The predicted molar refractivity (Wildman–Crippen MR) is 76.6 cm³/mol. The monoisotopic (exact) mass is 313 g/mol. The van der Waals surface area contributed by atoms with Crippen LogP contribution in [0, 0.1) is 5.82 Å². The largest absolute Gasteiger partial charge is 0.326 e. The van der Waals surface area contributed by atoms with E-state index in [1.54, 1.807) is 6.07 Å². The molecule has 106 valence electrons. The summed E-state index contributed by atoms with van der Waals surface area (Å²) in [6.45, 7) is 0.0284. The van der Waals surface area contributed by atoms with Crippen LogP contribution in [0.3, 0.4) is 0 Å². The van der Waals surface area contributed by atoms with E-state index in [0.29, 0.717) is 10.6 Å². The van der Waals surface area contributed by atoms with Crippen LogP contribution in [0.15, 0.2) is 47.4 Å². The minimum absolute atomic E-state index is 0.0284. The fourth-order valence-corrected chi connectivity index (χ4v) is 3.31. The number of sulfone groups is 1. The molecular formula is C14H13ClFNO2S. The van der Waals surface area contributed by atoms with Crippen molar-refractivity contribution in [2.45, 2.75) is 17.2 Å². The van der Waals surface area contributed by atoms with Crippen LogP contribution >= 0.6 is 11.6 Å². The van der Waals surface area contributed by atoms with Crippen molar-refractivity contribution in [1.82, 2.24) is 0 Å². The Hall–Kier alpha value is -1.43. The lowest BCUT2D eigenvalue weighted by molar-refractivity contribution is 0.582. The second-order valence-corrected chi connectivity index (χ2v) is 6.73. The van der Waals surface area contributed by atoms with E-state index in [4.69, 9.17) is 17.3 Å². The van der Waals surface area contributed by atoms with Crippen molar-refractivity contribution in [3.63, 3.8) is 0 Å². The topological polar surface area (TPSA) is 60.2 Å². The van der Waals surface area contributed by atoms with Crippen molar-refractivity contribution in [2.75, 3.05) is 0 Å². The van der Waals surface area contributed by atoms with Gasteiger partial charge in [0.1, 0.15) is 5.82 Å². The fraction of sp³-hybridized carbons (Fsp3) is 0.143. The first-order valence-electron chi connectivity index (χ1n) is 5.88. The lowest BCUT2D eigenvalue weighted by Crippen LogP contribution is -2.09. The molecule has 0 aliphatic heterocycles. The summed E-state index contributed by atoms with van der Waals surface area (Å²) >= 11 is 5.72. The molecular weight excluding hydrogens is 301 g/mol. The lowest BCUT2D eigenvalue weighted by atomic mass is 10.1. The maximum Gasteiger partial charge on any atom is 0.182 e. The number of rotatable bonds is 4. The van der Waals surface area contributed by atoms with Gasteiger partial charge in [-0.05, 0) is 24.3 Å². The molecule has 2 aromatic rings. The highest BCUT2D eigenvalue weighted by Gasteiger charge is 2.18. The van der Waals surface area contributed by atoms with Gasteiger partial charge in [-0.3, -0.25) is 0 Å². The number of benzene rings is 2. The summed E-state index contributed by atoms with van der Waals surface area (Å²) in [6.07, 6.45) is 0. The maximum atomic E-state index is 14.0. The van der Waals surface area contributed by atoms with Crippen molar-refractivity contribution in [2.24, 2.45) is 5.73 Å². The Balaban J connectivity index is 2.36. The lowest BCUT2D eigenvalue weighted by Gasteiger charge is -2.08. The van der Waals surface area contributed by atoms with Gasteiger partial charge in [-0.1, -0.05) is 29.8 Å². The van der Waals surface area contributed by atoms with Crippen molar-refractivity contribution in [3.8, 4) is 0 Å². The van der Waals surface area contributed by atoms with E-state index in [1.807, 2.05) is 0 Å². The molecule has 0 saturated heterocycles. The molecule has 0 spiro atoms. The van der Waals surface area contributed by atoms with E-state index in [2.05, 4.69) is 0 Å². The smallest absolute Gasteiger partial charge is 0.182 e. The first-order valence-corrected chi connectivity index (χ1v) is 7.92. The third-order valence-corrected chi connectivity index (χ3v) is 4.83. The Morgan fingerprint density at radius 3 is 2.25 bits per heavy atom. The first kappa shape index (κ1) is 15.0. The molecule has 2 N–H and O–H groups in total. The Bertz CT molecular complexity index is 714. The molecule has 0 atom stereocenters. The average Bonchev–Trinajstić information content (AvgIpc) is 2.41. The quantitative estimate of drug-likeness (QED) is 0.944. The zero-order valence-corrected chi connectivity index (χ0v) is 12.1. The van der Waals surface area contributed by atoms with Gasteiger partial charge in [0.15, 0.2) is 9.84 Å². The van der Waals surface area contributed by atoms with Crippen LogP contribution < -0.4 is 5.73 Å². The Morgan fingerprint density at radius 2 is 1.65 bits per heavy atom. The number of halogens is 2. The molecule has 0 aromatic heterocycles. The summed E-state index contributed by atoms with van der Waals surface area (Å²) in [6, 6.07) is 10.4. The zero-order chi connectivity index (χ0) is 14.8. The van der Waals surface area contributed by atoms with Gasteiger partial charge in [-0.25, -0.2) is 12.8 Å². The second-order valence-electron chi connectivity index (χ2n) is 4.31. The summed E-state index contributed by atoms with van der Waals surface area (Å²) in [7, 11) is -3.62. The first-order chi connectivity index (χ1) is 9.44. The third kappa shape index (κ3) is 3.17. The van der Waals surface area contributed by atoms with Gasteiger partial charge in [0.25, 0.3) is 0 Å². The van der Waals surface area contributed by atoms with Crippen LogP contribution in [0.5, 0.6) is 0 Å². The van der Waals surface area contributed by atoms with Gasteiger partial charge >= 0.3 is 0 Å². The zero-order valence-electron chi connectivity index (χ0n) is 10.5. The fourth-order valence-electron chi connectivity index (χ4n) is 1.83. The van der Waals surface area contributed by atoms with E-state index in [0.717, 1.165) is 0 Å². The summed E-state index contributed by atoms with van der Waals surface area (Å²) < 4.78 is 38.5. The van der Waals surface area contributed by atoms with Gasteiger partial charge < -0.3 is 5.73 Å². The van der Waals surface area contributed by atoms with E-state index in [-0.39, 0.29) is 17.0 Å². The SMILES string of the molecule is NCc1cccc(CS(=O)(=O)c2ccc(Cl)cc2)c1F.